The molecular formula is C20H51Al3MgN4O-2. The van der Waals surface area contributed by atoms with Crippen molar-refractivity contribution in [3.05, 3.63) is 22.9 Å². The van der Waals surface area contributed by atoms with Gasteiger partial charge in [-0.2, -0.15) is 0 Å². The van der Waals surface area contributed by atoms with Crippen LogP contribution in [0.4, 0.5) is 0 Å². The first-order chi connectivity index (χ1) is 10.5. The van der Waals surface area contributed by atoms with Gasteiger partial charge in [0.15, 0.2) is 0 Å². The number of ether oxygens (including phenoxy) is 1. The normalized spacial score (nSPS) is 12.4. The Hall–Kier alpha value is 2.16. The van der Waals surface area contributed by atoms with Crippen LogP contribution in [0.2, 0.25) is 0 Å². The van der Waals surface area contributed by atoms with E-state index in [1.165, 1.54) is 12.8 Å². The van der Waals surface area contributed by atoms with Gasteiger partial charge in [-0.1, -0.05) is 83.1 Å². The van der Waals surface area contributed by atoms with E-state index in [4.69, 9.17) is 27.7 Å². The van der Waals surface area contributed by atoms with Crippen LogP contribution in [0.25, 0.3) is 22.9 Å². The fourth-order valence-corrected chi connectivity index (χ4v) is 0.510. The van der Waals surface area contributed by atoms with Gasteiger partial charge in [-0.25, -0.2) is 0 Å². The van der Waals surface area contributed by atoms with E-state index in [9.17, 15) is 0 Å². The fourth-order valence-electron chi connectivity index (χ4n) is 0.510. The smallest absolute Gasteiger partial charge is 0.673 e. The van der Waals surface area contributed by atoms with Crippen LogP contribution in [-0.4, -0.2) is 111 Å². The molecule has 1 aliphatic heterocycles. The number of nitrogens with one attached hydrogen (secondary N) is 4. The zero-order valence-corrected chi connectivity index (χ0v) is 27.7. The molecule has 1 aliphatic rings. The Bertz CT molecular complexity index is 202. The standard InChI is InChI=1S/4C4H10N.C4H8O.3Al.Mg.3H/c4*1-4(2,3)5;1-2-4-5-3-1;;;;;;;/h4*5H,1-3H3;1-4H2;;;;;;;/q4*-1;;;;;+2;;;. The van der Waals surface area contributed by atoms with Gasteiger partial charge in [-0.05, 0) is 12.8 Å². The molecule has 6 radical (unpaired) electrons. The Labute approximate surface area is 232 Å². The fraction of sp³-hybridized carbons (Fsp3) is 1.00. The topological polar surface area (TPSA) is 104 Å². The van der Waals surface area contributed by atoms with E-state index in [1.807, 2.05) is 83.1 Å². The van der Waals surface area contributed by atoms with Crippen LogP contribution in [0.5, 0.6) is 0 Å². The molecule has 0 amide bonds. The van der Waals surface area contributed by atoms with E-state index in [2.05, 4.69) is 0 Å². The van der Waals surface area contributed by atoms with Crippen molar-refractivity contribution in [2.24, 2.45) is 0 Å². The molecule has 0 aliphatic carbocycles. The molecule has 0 atom stereocenters. The van der Waals surface area contributed by atoms with Gasteiger partial charge in [-0.3, -0.25) is 0 Å². The average molecular weight is 469 g/mol. The number of rotatable bonds is 0. The molecule has 1 heterocycles. The summed E-state index contributed by atoms with van der Waals surface area (Å²) in [5, 5.41) is 0. The SMILES string of the molecule is C1CCOC1.CC(C)(C)[NH-].CC(C)(C)[NH-].CC(C)(C)[NH-].CC(C)(C)[NH-].[AlH].[AlH].[AlH].[Mg+2]. The van der Waals surface area contributed by atoms with E-state index in [0.29, 0.717) is 0 Å². The maximum Gasteiger partial charge on any atom is 2.00 e. The third-order valence-corrected chi connectivity index (χ3v) is 0.827. The summed E-state index contributed by atoms with van der Waals surface area (Å²) in [4.78, 5) is 0. The Morgan fingerprint density at radius 1 is 0.448 bits per heavy atom. The van der Waals surface area contributed by atoms with Crippen molar-refractivity contribution in [2.75, 3.05) is 13.2 Å². The summed E-state index contributed by atoms with van der Waals surface area (Å²) in [6, 6.07) is 0. The minimum absolute atomic E-state index is 0. The molecule has 29 heavy (non-hydrogen) atoms. The third-order valence-electron chi connectivity index (χ3n) is 0.827. The maximum atomic E-state index is 6.94. The van der Waals surface area contributed by atoms with Crippen molar-refractivity contribution >= 4 is 75.1 Å². The van der Waals surface area contributed by atoms with Gasteiger partial charge in [0, 0.05) is 13.2 Å². The average Bonchev–Trinajstić information content (AvgIpc) is 2.59. The van der Waals surface area contributed by atoms with E-state index in [0.717, 1.165) is 13.2 Å². The predicted octanol–water partition coefficient (Wildman–Crippen LogP) is 5.82. The molecule has 1 saturated heterocycles. The molecule has 170 valence electrons. The summed E-state index contributed by atoms with van der Waals surface area (Å²) in [7, 11) is 0. The second-order valence-electron chi connectivity index (χ2n) is 10.3. The molecule has 0 aromatic heterocycles. The van der Waals surface area contributed by atoms with Gasteiger partial charge in [0.05, 0.1) is 52.1 Å². The van der Waals surface area contributed by atoms with Gasteiger partial charge in [0.25, 0.3) is 0 Å². The zero-order chi connectivity index (χ0) is 21.5. The molecular weight excluding hydrogens is 417 g/mol. The Morgan fingerprint density at radius 2 is 0.552 bits per heavy atom. The molecule has 0 spiro atoms. The van der Waals surface area contributed by atoms with E-state index in [-0.39, 0.29) is 97.3 Å². The van der Waals surface area contributed by atoms with Crippen molar-refractivity contribution in [2.45, 2.75) is 118 Å². The van der Waals surface area contributed by atoms with E-state index < -0.39 is 0 Å². The van der Waals surface area contributed by atoms with Crippen LogP contribution in [0.3, 0.4) is 0 Å². The summed E-state index contributed by atoms with van der Waals surface area (Å²) in [6.07, 6.45) is 2.56. The molecule has 1 rings (SSSR count). The van der Waals surface area contributed by atoms with Crippen molar-refractivity contribution in [3.63, 3.8) is 0 Å². The molecule has 4 N–H and O–H groups in total. The molecule has 0 unspecified atom stereocenters. The zero-order valence-electron chi connectivity index (χ0n) is 22.1. The van der Waals surface area contributed by atoms with Crippen molar-refractivity contribution < 1.29 is 4.74 Å². The quantitative estimate of drug-likeness (QED) is 0.410. The summed E-state index contributed by atoms with van der Waals surface area (Å²) >= 11 is 0. The minimum atomic E-state index is -0.250. The first-order valence-corrected chi connectivity index (χ1v) is 9.08. The summed E-state index contributed by atoms with van der Waals surface area (Å²) in [5.74, 6) is 0. The largest absolute Gasteiger partial charge is 2.00 e. The van der Waals surface area contributed by atoms with Gasteiger partial charge in [0.2, 0.25) is 0 Å². The minimum Gasteiger partial charge on any atom is -0.673 e. The van der Waals surface area contributed by atoms with Gasteiger partial charge in [-0.15, -0.1) is 22.2 Å². The second kappa shape index (κ2) is 26.4. The predicted molar refractivity (Wildman–Crippen MR) is 144 cm³/mol. The number of hydrogen-bond donors (Lipinski definition) is 0. The second-order valence-corrected chi connectivity index (χ2v) is 10.3. The molecule has 5 nitrogen and oxygen atoms in total. The molecule has 1 fully saturated rings. The molecule has 0 aromatic rings. The van der Waals surface area contributed by atoms with Crippen LogP contribution in [-0.2, 0) is 4.74 Å². The molecule has 9 heteroatoms. The molecule has 0 aromatic carbocycles. The van der Waals surface area contributed by atoms with Crippen molar-refractivity contribution in [1.29, 1.82) is 0 Å². The molecule has 0 saturated carbocycles. The summed E-state index contributed by atoms with van der Waals surface area (Å²) < 4.78 is 4.94. The van der Waals surface area contributed by atoms with Gasteiger partial charge in [0.1, 0.15) is 0 Å². The Morgan fingerprint density at radius 3 is 0.586 bits per heavy atom. The first-order valence-electron chi connectivity index (χ1n) is 9.08. The van der Waals surface area contributed by atoms with E-state index in [1.54, 1.807) is 0 Å². The Balaban J connectivity index is -0.0000000306. The van der Waals surface area contributed by atoms with Crippen LogP contribution in [0.1, 0.15) is 95.9 Å². The molecule has 0 bridgehead atoms. The van der Waals surface area contributed by atoms with Crippen LogP contribution < -0.4 is 0 Å². The monoisotopic (exact) mass is 468 g/mol. The summed E-state index contributed by atoms with van der Waals surface area (Å²) in [6.45, 7) is 24.3. The number of hydrogen-bond acceptors (Lipinski definition) is 1. The van der Waals surface area contributed by atoms with Gasteiger partial charge >= 0.3 is 23.1 Å². The third kappa shape index (κ3) is 466. The Kier molecular flexibility index (Phi) is 48.1. The van der Waals surface area contributed by atoms with Crippen LogP contribution in [0, 0.1) is 0 Å². The van der Waals surface area contributed by atoms with Crippen LogP contribution >= 0.6 is 0 Å². The van der Waals surface area contributed by atoms with Crippen molar-refractivity contribution in [1.82, 2.24) is 0 Å². The van der Waals surface area contributed by atoms with Crippen LogP contribution in [0.15, 0.2) is 0 Å². The van der Waals surface area contributed by atoms with E-state index >= 15 is 0 Å². The van der Waals surface area contributed by atoms with Crippen molar-refractivity contribution in [3.8, 4) is 0 Å². The van der Waals surface area contributed by atoms with Gasteiger partial charge < -0.3 is 27.7 Å². The summed E-state index contributed by atoms with van der Waals surface area (Å²) in [5.41, 5.74) is 26.8. The first kappa shape index (κ1) is 52.8. The maximum absolute atomic E-state index is 6.94.